The van der Waals surface area contributed by atoms with Crippen molar-refractivity contribution < 1.29 is 9.53 Å². The minimum atomic E-state index is -0.913. The van der Waals surface area contributed by atoms with Crippen molar-refractivity contribution in [3.63, 3.8) is 0 Å². The molecule has 1 atom stereocenters. The molecule has 0 aliphatic carbocycles. The van der Waals surface area contributed by atoms with Crippen LogP contribution in [0.5, 0.6) is 0 Å². The summed E-state index contributed by atoms with van der Waals surface area (Å²) in [5.74, 6) is -0.309. The molecule has 6 heteroatoms. The number of ether oxygens (including phenoxy) is 1. The summed E-state index contributed by atoms with van der Waals surface area (Å²) < 4.78 is 4.21. The lowest BCUT2D eigenvalue weighted by atomic mass is 10.1. The molecule has 0 aliphatic heterocycles. The lowest BCUT2D eigenvalue weighted by Gasteiger charge is -2.11. The van der Waals surface area contributed by atoms with Crippen molar-refractivity contribution in [1.29, 1.82) is 0 Å². The third-order valence-electron chi connectivity index (χ3n) is 2.80. The Morgan fingerprint density at radius 1 is 1.16 bits per heavy atom. The van der Waals surface area contributed by atoms with E-state index in [0.29, 0.717) is 0 Å². The van der Waals surface area contributed by atoms with Gasteiger partial charge in [0.1, 0.15) is 0 Å². The Bertz CT molecular complexity index is 267. The fraction of sp³-hybridized carbons (Fsp3) is 0.769. The zero-order valence-electron chi connectivity index (χ0n) is 11.5. The molecule has 2 nitrogen and oxygen atoms in total. The van der Waals surface area contributed by atoms with Crippen molar-refractivity contribution in [3.05, 3.63) is 12.7 Å². The summed E-state index contributed by atoms with van der Waals surface area (Å²) in [4.78, 5) is 11.0. The summed E-state index contributed by atoms with van der Waals surface area (Å²) in [7, 11) is 0. The molecule has 0 radical (unpaired) electrons. The highest BCUT2D eigenvalue weighted by Gasteiger charge is 2.19. The van der Waals surface area contributed by atoms with Crippen molar-refractivity contribution >= 4 is 71.9 Å². The third kappa shape index (κ3) is 15.8. The first-order valence-corrected chi connectivity index (χ1v) is 18.3. The van der Waals surface area contributed by atoms with Gasteiger partial charge in [-0.2, -0.15) is 0 Å². The number of esters is 1. The van der Waals surface area contributed by atoms with E-state index >= 15 is 0 Å². The Hall–Kier alpha value is 1.62. The maximum Gasteiger partial charge on any atom is 0.330 e. The number of hydrogen-bond donors (Lipinski definition) is 0. The molecule has 0 aliphatic rings. The van der Waals surface area contributed by atoms with E-state index in [1.807, 2.05) is 6.92 Å². The topological polar surface area (TPSA) is 26.3 Å². The molecule has 0 N–H and O–H groups in total. The molecular formula is C13H23I3O2Si. The van der Waals surface area contributed by atoms with Crippen molar-refractivity contribution in [2.75, 3.05) is 0 Å². The average molecular weight is 620 g/mol. The van der Waals surface area contributed by atoms with Crippen LogP contribution in [0, 0.1) is 0 Å². The molecule has 0 spiro atoms. The fourth-order valence-electron chi connectivity index (χ4n) is 1.77. The Balaban J connectivity index is 3.31. The van der Waals surface area contributed by atoms with Gasteiger partial charge in [-0.05, 0) is 25.8 Å². The molecule has 0 aromatic heterocycles. The summed E-state index contributed by atoms with van der Waals surface area (Å²) in [6.45, 7) is 5.35. The van der Waals surface area contributed by atoms with Gasteiger partial charge in [-0.15, -0.1) is 0 Å². The van der Waals surface area contributed by atoms with Crippen LogP contribution in [0.3, 0.4) is 0 Å². The Labute approximate surface area is 156 Å². The van der Waals surface area contributed by atoms with E-state index in [1.165, 1.54) is 44.2 Å². The smallest absolute Gasteiger partial charge is 0.330 e. The van der Waals surface area contributed by atoms with Crippen LogP contribution < -0.4 is 0 Å². The van der Waals surface area contributed by atoms with E-state index in [2.05, 4.69) is 72.0 Å². The standard InChI is InChI=1S/C13H23I3O2Si/c1-3-13(17)18-12(2)10-8-6-4-5-7-9-11-19(14,15)16/h3,12H,1,4-11H2,2H3. The van der Waals surface area contributed by atoms with Gasteiger partial charge in [-0.3, -0.25) is 0 Å². The molecule has 0 bridgehead atoms. The van der Waals surface area contributed by atoms with Crippen LogP contribution in [-0.2, 0) is 9.53 Å². The second-order valence-corrected chi connectivity index (χ2v) is 41.6. The molecule has 0 fully saturated rings. The van der Waals surface area contributed by atoms with Crippen LogP contribution in [0.2, 0.25) is 6.04 Å². The monoisotopic (exact) mass is 620 g/mol. The summed E-state index contributed by atoms with van der Waals surface area (Å²) in [5.41, 5.74) is 0. The van der Waals surface area contributed by atoms with Crippen molar-refractivity contribution in [2.24, 2.45) is 0 Å². The number of halogens is 3. The maximum absolute atomic E-state index is 11.0. The molecule has 19 heavy (non-hydrogen) atoms. The maximum atomic E-state index is 11.0. The molecule has 0 amide bonds. The van der Waals surface area contributed by atoms with Gasteiger partial charge in [0.25, 0.3) is 0.564 Å². The molecule has 112 valence electrons. The molecule has 0 aromatic carbocycles. The summed E-state index contributed by atoms with van der Waals surface area (Å²) in [5, 5.41) is 0. The second-order valence-electron chi connectivity index (χ2n) is 4.73. The molecule has 0 heterocycles. The van der Waals surface area contributed by atoms with E-state index in [0.717, 1.165) is 12.8 Å². The van der Waals surface area contributed by atoms with Gasteiger partial charge in [0.2, 0.25) is 0 Å². The number of hydrogen-bond acceptors (Lipinski definition) is 2. The van der Waals surface area contributed by atoms with Crippen LogP contribution in [0.15, 0.2) is 12.7 Å². The van der Waals surface area contributed by atoms with E-state index in [4.69, 9.17) is 4.74 Å². The first kappa shape index (κ1) is 20.6. The van der Waals surface area contributed by atoms with Gasteiger partial charge in [0.15, 0.2) is 0 Å². The minimum Gasteiger partial charge on any atom is -0.460 e. The molecule has 0 aromatic rings. The number of unbranched alkanes of at least 4 members (excludes halogenated alkanes) is 5. The Kier molecular flexibility index (Phi) is 13.2. The predicted octanol–water partition coefficient (Wildman–Crippen LogP) is 6.08. The van der Waals surface area contributed by atoms with Crippen molar-refractivity contribution in [2.45, 2.75) is 64.0 Å². The zero-order valence-corrected chi connectivity index (χ0v) is 18.9. The van der Waals surface area contributed by atoms with Gasteiger partial charge in [-0.25, -0.2) is 4.79 Å². The van der Waals surface area contributed by atoms with Crippen LogP contribution in [-0.4, -0.2) is 12.6 Å². The second kappa shape index (κ2) is 12.2. The molecular weight excluding hydrogens is 597 g/mol. The number of carbonyl (C=O) groups excluding carboxylic acids is 1. The van der Waals surface area contributed by atoms with Gasteiger partial charge >= 0.3 is 5.97 Å². The van der Waals surface area contributed by atoms with E-state index in [-0.39, 0.29) is 12.1 Å². The predicted molar refractivity (Wildman–Crippen MR) is 111 cm³/mol. The lowest BCUT2D eigenvalue weighted by Crippen LogP contribution is -2.12. The van der Waals surface area contributed by atoms with E-state index in [9.17, 15) is 4.79 Å². The zero-order chi connectivity index (χ0) is 14.7. The van der Waals surface area contributed by atoms with Crippen LogP contribution >= 0.6 is 65.4 Å². The van der Waals surface area contributed by atoms with Gasteiger partial charge in [0, 0.05) is 6.08 Å². The summed E-state index contributed by atoms with van der Waals surface area (Å²) >= 11 is 7.90. The van der Waals surface area contributed by atoms with Crippen LogP contribution in [0.1, 0.15) is 51.9 Å². The fourth-order valence-corrected chi connectivity index (χ4v) is 5.85. The van der Waals surface area contributed by atoms with Crippen molar-refractivity contribution in [3.8, 4) is 0 Å². The van der Waals surface area contributed by atoms with Crippen molar-refractivity contribution in [1.82, 2.24) is 0 Å². The lowest BCUT2D eigenvalue weighted by molar-refractivity contribution is -0.142. The van der Waals surface area contributed by atoms with E-state index < -0.39 is 0.564 Å². The summed E-state index contributed by atoms with van der Waals surface area (Å²) in [6, 6.07) is 1.42. The first-order chi connectivity index (χ1) is 8.85. The van der Waals surface area contributed by atoms with Crippen LogP contribution in [0.25, 0.3) is 0 Å². The third-order valence-corrected chi connectivity index (χ3v) is 8.58. The quantitative estimate of drug-likeness (QED) is 0.0700. The molecule has 1 unspecified atom stereocenters. The van der Waals surface area contributed by atoms with Gasteiger partial charge in [-0.1, -0.05) is 104 Å². The Morgan fingerprint density at radius 3 is 2.21 bits per heavy atom. The number of carbonyl (C=O) groups is 1. The highest BCUT2D eigenvalue weighted by Crippen LogP contribution is 2.35. The normalized spacial score (nSPS) is 13.1. The highest BCUT2D eigenvalue weighted by molar-refractivity contribution is 14.4. The van der Waals surface area contributed by atoms with Crippen LogP contribution in [0.4, 0.5) is 0 Å². The molecule has 0 saturated heterocycles. The molecule has 0 rings (SSSR count). The first-order valence-electron chi connectivity index (χ1n) is 6.75. The van der Waals surface area contributed by atoms with Gasteiger partial charge < -0.3 is 4.74 Å². The van der Waals surface area contributed by atoms with Gasteiger partial charge in [0.05, 0.1) is 6.10 Å². The summed E-state index contributed by atoms with van der Waals surface area (Å²) in [6.07, 6.45) is 10.0. The average Bonchev–Trinajstić information content (AvgIpc) is 2.31. The SMILES string of the molecule is C=CC(=O)OC(C)CCCCCCCC[Si](I)(I)I. The number of rotatable bonds is 11. The molecule has 0 saturated carbocycles. The minimum absolute atomic E-state index is 0.0224. The highest BCUT2D eigenvalue weighted by atomic mass is 127. The largest absolute Gasteiger partial charge is 0.460 e. The van der Waals surface area contributed by atoms with E-state index in [1.54, 1.807) is 0 Å². The Morgan fingerprint density at radius 2 is 1.68 bits per heavy atom.